The van der Waals surface area contributed by atoms with Gasteiger partial charge in [-0.3, -0.25) is 0 Å². The van der Waals surface area contributed by atoms with Crippen LogP contribution < -0.4 is 15.4 Å². The van der Waals surface area contributed by atoms with Crippen LogP contribution in [0.2, 0.25) is 0 Å². The van der Waals surface area contributed by atoms with Crippen molar-refractivity contribution in [2.24, 2.45) is 0 Å². The summed E-state index contributed by atoms with van der Waals surface area (Å²) in [4.78, 5) is 2.23. The van der Waals surface area contributed by atoms with E-state index in [0.29, 0.717) is 16.2 Å². The van der Waals surface area contributed by atoms with E-state index in [4.69, 9.17) is 10.5 Å². The van der Waals surface area contributed by atoms with Gasteiger partial charge >= 0.3 is 0 Å². The van der Waals surface area contributed by atoms with E-state index >= 15 is 0 Å². The van der Waals surface area contributed by atoms with Gasteiger partial charge in [0.2, 0.25) is 0 Å². The minimum absolute atomic E-state index is 0.0595. The standard InChI is InChI=1S/C15H23FN2OS/c1-9(2)19-15-6-14(13(17)5-12(15)16)18-7-10(3)20-11(4)8-18/h5-6,9-11H,7-8,17H2,1-4H3. The second-order valence-electron chi connectivity index (χ2n) is 5.67. The van der Waals surface area contributed by atoms with Crippen LogP contribution in [0.4, 0.5) is 15.8 Å². The molecule has 0 amide bonds. The Bertz CT molecular complexity index is 471. The van der Waals surface area contributed by atoms with Gasteiger partial charge < -0.3 is 15.4 Å². The molecule has 5 heteroatoms. The number of benzene rings is 1. The molecule has 0 bridgehead atoms. The number of thioether (sulfide) groups is 1. The first kappa shape index (κ1) is 15.3. The van der Waals surface area contributed by atoms with Crippen LogP contribution in [-0.2, 0) is 0 Å². The van der Waals surface area contributed by atoms with Gasteiger partial charge in [0.1, 0.15) is 0 Å². The third-order valence-corrected chi connectivity index (χ3v) is 4.43. The highest BCUT2D eigenvalue weighted by Gasteiger charge is 2.25. The lowest BCUT2D eigenvalue weighted by molar-refractivity contribution is 0.231. The molecule has 0 radical (unpaired) electrons. The lowest BCUT2D eigenvalue weighted by Gasteiger charge is -2.37. The van der Waals surface area contributed by atoms with Gasteiger partial charge in [0.15, 0.2) is 11.6 Å². The zero-order valence-corrected chi connectivity index (χ0v) is 13.3. The van der Waals surface area contributed by atoms with Crippen molar-refractivity contribution in [3.8, 4) is 5.75 Å². The van der Waals surface area contributed by atoms with Gasteiger partial charge in [0.25, 0.3) is 0 Å². The first-order chi connectivity index (χ1) is 9.36. The lowest BCUT2D eigenvalue weighted by Crippen LogP contribution is -2.40. The summed E-state index contributed by atoms with van der Waals surface area (Å²) in [5, 5.41) is 1.08. The Balaban J connectivity index is 2.30. The molecule has 1 heterocycles. The average Bonchev–Trinajstić information content (AvgIpc) is 2.30. The maximum atomic E-state index is 13.9. The van der Waals surface area contributed by atoms with E-state index in [1.807, 2.05) is 25.6 Å². The molecular weight excluding hydrogens is 275 g/mol. The van der Waals surface area contributed by atoms with Gasteiger partial charge in [0, 0.05) is 35.7 Å². The maximum absolute atomic E-state index is 13.9. The molecule has 2 atom stereocenters. The van der Waals surface area contributed by atoms with Gasteiger partial charge in [-0.15, -0.1) is 0 Å². The summed E-state index contributed by atoms with van der Waals surface area (Å²) in [6, 6.07) is 3.10. The monoisotopic (exact) mass is 298 g/mol. The van der Waals surface area contributed by atoms with Crippen LogP contribution >= 0.6 is 11.8 Å². The number of nitrogens with two attached hydrogens (primary N) is 1. The Morgan fingerprint density at radius 1 is 1.30 bits per heavy atom. The summed E-state index contributed by atoms with van der Waals surface area (Å²) in [5.74, 6) is -0.116. The summed E-state index contributed by atoms with van der Waals surface area (Å²) in [7, 11) is 0. The number of halogens is 1. The molecule has 2 rings (SSSR count). The van der Waals surface area contributed by atoms with Crippen molar-refractivity contribution in [2.75, 3.05) is 23.7 Å². The van der Waals surface area contributed by atoms with Crippen LogP contribution in [0.3, 0.4) is 0 Å². The molecule has 0 saturated carbocycles. The molecular formula is C15H23FN2OS. The Hall–Kier alpha value is -1.10. The Morgan fingerprint density at radius 3 is 2.45 bits per heavy atom. The molecule has 3 nitrogen and oxygen atoms in total. The van der Waals surface area contributed by atoms with Gasteiger partial charge in [-0.2, -0.15) is 11.8 Å². The van der Waals surface area contributed by atoms with E-state index in [1.54, 1.807) is 6.07 Å². The molecule has 1 aromatic rings. The molecule has 0 aromatic heterocycles. The molecule has 112 valence electrons. The summed E-state index contributed by atoms with van der Waals surface area (Å²) in [6.45, 7) is 10.0. The molecule has 20 heavy (non-hydrogen) atoms. The van der Waals surface area contributed by atoms with Crippen molar-refractivity contribution < 1.29 is 9.13 Å². The minimum Gasteiger partial charge on any atom is -0.488 e. The highest BCUT2D eigenvalue weighted by Crippen LogP contribution is 2.35. The molecule has 1 aliphatic heterocycles. The van der Waals surface area contributed by atoms with Gasteiger partial charge in [0.05, 0.1) is 17.5 Å². The van der Waals surface area contributed by atoms with Crippen molar-refractivity contribution in [1.82, 2.24) is 0 Å². The predicted molar refractivity (Wildman–Crippen MR) is 85.3 cm³/mol. The zero-order valence-electron chi connectivity index (χ0n) is 12.5. The molecule has 0 aliphatic carbocycles. The topological polar surface area (TPSA) is 38.5 Å². The fraction of sp³-hybridized carbons (Fsp3) is 0.600. The summed E-state index contributed by atoms with van der Waals surface area (Å²) < 4.78 is 19.4. The molecule has 1 aliphatic rings. The Labute approximate surface area is 124 Å². The molecule has 1 fully saturated rings. The summed E-state index contributed by atoms with van der Waals surface area (Å²) >= 11 is 1.98. The quantitative estimate of drug-likeness (QED) is 0.867. The largest absolute Gasteiger partial charge is 0.488 e. The van der Waals surface area contributed by atoms with Crippen molar-refractivity contribution in [3.05, 3.63) is 17.9 Å². The van der Waals surface area contributed by atoms with E-state index < -0.39 is 5.82 Å². The van der Waals surface area contributed by atoms with Crippen molar-refractivity contribution in [3.63, 3.8) is 0 Å². The number of ether oxygens (including phenoxy) is 1. The first-order valence-electron chi connectivity index (χ1n) is 7.03. The lowest BCUT2D eigenvalue weighted by atomic mass is 10.2. The van der Waals surface area contributed by atoms with Gasteiger partial charge in [-0.05, 0) is 13.8 Å². The molecule has 0 spiro atoms. The normalized spacial score (nSPS) is 23.2. The molecule has 2 N–H and O–H groups in total. The van der Waals surface area contributed by atoms with Crippen LogP contribution in [0.1, 0.15) is 27.7 Å². The van der Waals surface area contributed by atoms with Gasteiger partial charge in [-0.25, -0.2) is 4.39 Å². The van der Waals surface area contributed by atoms with Crippen LogP contribution in [0.15, 0.2) is 12.1 Å². The summed E-state index contributed by atoms with van der Waals surface area (Å²) in [5.41, 5.74) is 7.35. The van der Waals surface area contributed by atoms with E-state index in [1.165, 1.54) is 6.07 Å². The van der Waals surface area contributed by atoms with Crippen LogP contribution in [-0.4, -0.2) is 29.7 Å². The average molecular weight is 298 g/mol. The highest BCUT2D eigenvalue weighted by atomic mass is 32.2. The fourth-order valence-electron chi connectivity index (χ4n) is 2.55. The van der Waals surface area contributed by atoms with E-state index in [9.17, 15) is 4.39 Å². The van der Waals surface area contributed by atoms with E-state index in [2.05, 4.69) is 18.7 Å². The number of anilines is 2. The van der Waals surface area contributed by atoms with Crippen molar-refractivity contribution in [1.29, 1.82) is 0 Å². The SMILES string of the molecule is CC(C)Oc1cc(N2CC(C)SC(C)C2)c(N)cc1F. The number of hydrogen-bond donors (Lipinski definition) is 1. The third kappa shape index (κ3) is 3.51. The minimum atomic E-state index is -0.396. The van der Waals surface area contributed by atoms with Crippen LogP contribution in [0, 0.1) is 5.82 Å². The second kappa shape index (κ2) is 6.12. The number of nitrogen functional groups attached to an aromatic ring is 1. The highest BCUT2D eigenvalue weighted by molar-refractivity contribution is 8.00. The number of hydrogen-bond acceptors (Lipinski definition) is 4. The van der Waals surface area contributed by atoms with E-state index in [0.717, 1.165) is 18.8 Å². The maximum Gasteiger partial charge on any atom is 0.167 e. The molecule has 1 saturated heterocycles. The molecule has 1 aromatic carbocycles. The first-order valence-corrected chi connectivity index (χ1v) is 7.97. The van der Waals surface area contributed by atoms with Gasteiger partial charge in [-0.1, -0.05) is 13.8 Å². The van der Waals surface area contributed by atoms with Crippen LogP contribution in [0.5, 0.6) is 5.75 Å². The Kier molecular flexibility index (Phi) is 4.68. The van der Waals surface area contributed by atoms with E-state index in [-0.39, 0.29) is 11.9 Å². The zero-order chi connectivity index (χ0) is 14.9. The smallest absolute Gasteiger partial charge is 0.167 e. The van der Waals surface area contributed by atoms with Crippen molar-refractivity contribution >= 4 is 23.1 Å². The number of rotatable bonds is 3. The fourth-order valence-corrected chi connectivity index (χ4v) is 3.88. The van der Waals surface area contributed by atoms with Crippen LogP contribution in [0.25, 0.3) is 0 Å². The second-order valence-corrected chi connectivity index (χ2v) is 7.55. The molecule has 2 unspecified atom stereocenters. The predicted octanol–water partition coefficient (Wildman–Crippen LogP) is 3.53. The van der Waals surface area contributed by atoms with Crippen molar-refractivity contribution in [2.45, 2.75) is 44.3 Å². The summed E-state index contributed by atoms with van der Waals surface area (Å²) in [6.07, 6.45) is -0.0595. The third-order valence-electron chi connectivity index (χ3n) is 3.20. The number of nitrogens with zero attached hydrogens (tertiary/aromatic N) is 1. The Morgan fingerprint density at radius 2 is 1.90 bits per heavy atom.